The summed E-state index contributed by atoms with van der Waals surface area (Å²) in [6.45, 7) is 11.6. The highest BCUT2D eigenvalue weighted by Gasteiger charge is 2.38. The number of rotatable bonds is 1. The summed E-state index contributed by atoms with van der Waals surface area (Å²) in [6, 6.07) is 0.825. The van der Waals surface area contributed by atoms with Crippen molar-refractivity contribution in [1.82, 2.24) is 15.1 Å². The van der Waals surface area contributed by atoms with Crippen molar-refractivity contribution in [2.75, 3.05) is 26.4 Å². The number of hydrogen-bond donors (Lipinski definition) is 1. The second-order valence-corrected chi connectivity index (χ2v) is 4.88. The van der Waals surface area contributed by atoms with Gasteiger partial charge < -0.3 is 0 Å². The monoisotopic (exact) mass is 169 g/mol. The molecule has 0 saturated carbocycles. The van der Waals surface area contributed by atoms with E-state index in [1.807, 2.05) is 0 Å². The summed E-state index contributed by atoms with van der Waals surface area (Å²) in [5, 5.41) is 3.27. The van der Waals surface area contributed by atoms with Crippen molar-refractivity contribution in [3.63, 3.8) is 0 Å². The van der Waals surface area contributed by atoms with Gasteiger partial charge in [-0.05, 0) is 20.8 Å². The molecule has 2 aliphatic heterocycles. The van der Waals surface area contributed by atoms with Crippen LogP contribution in [0.1, 0.15) is 20.8 Å². The minimum atomic E-state index is 0.370. The van der Waals surface area contributed by atoms with Gasteiger partial charge in [0, 0.05) is 24.7 Å². The van der Waals surface area contributed by atoms with Crippen LogP contribution in [0.15, 0.2) is 0 Å². The van der Waals surface area contributed by atoms with Crippen LogP contribution in [0.25, 0.3) is 0 Å². The van der Waals surface area contributed by atoms with Crippen LogP contribution in [-0.2, 0) is 0 Å². The normalized spacial score (nSPS) is 28.2. The fraction of sp³-hybridized carbons (Fsp3) is 1.00. The van der Waals surface area contributed by atoms with Gasteiger partial charge in [0.2, 0.25) is 0 Å². The van der Waals surface area contributed by atoms with Crippen LogP contribution in [-0.4, -0.2) is 47.8 Å². The predicted octanol–water partition coefficient (Wildman–Crippen LogP) is 0.289. The van der Waals surface area contributed by atoms with E-state index in [9.17, 15) is 0 Å². The molecule has 0 aromatic heterocycles. The largest absolute Gasteiger partial charge is 0.295 e. The molecule has 0 radical (unpaired) electrons. The van der Waals surface area contributed by atoms with Gasteiger partial charge in [-0.25, -0.2) is 0 Å². The zero-order valence-electron chi connectivity index (χ0n) is 8.30. The molecule has 3 nitrogen and oxygen atoms in total. The Morgan fingerprint density at radius 1 is 1.17 bits per heavy atom. The predicted molar refractivity (Wildman–Crippen MR) is 49.8 cm³/mol. The van der Waals surface area contributed by atoms with E-state index in [2.05, 4.69) is 35.9 Å². The summed E-state index contributed by atoms with van der Waals surface area (Å²) in [5.41, 5.74) is 0.370. The lowest BCUT2D eigenvalue weighted by molar-refractivity contribution is -0.0549. The number of likely N-dealkylation sites (tertiary alicyclic amines) is 1. The molecule has 1 N–H and O–H groups in total. The smallest absolute Gasteiger partial charge is 0.0506 e. The Balaban J connectivity index is 1.76. The van der Waals surface area contributed by atoms with E-state index >= 15 is 0 Å². The molecule has 2 rings (SSSR count). The van der Waals surface area contributed by atoms with Crippen molar-refractivity contribution in [3.8, 4) is 0 Å². The van der Waals surface area contributed by atoms with E-state index in [0.29, 0.717) is 5.54 Å². The molecule has 0 aromatic carbocycles. The van der Waals surface area contributed by atoms with Crippen LogP contribution in [0.3, 0.4) is 0 Å². The first-order valence-corrected chi connectivity index (χ1v) is 4.77. The summed E-state index contributed by atoms with van der Waals surface area (Å²) < 4.78 is 0. The minimum Gasteiger partial charge on any atom is -0.295 e. The first-order chi connectivity index (χ1) is 5.57. The zero-order chi connectivity index (χ0) is 8.77. The lowest BCUT2D eigenvalue weighted by atomic mass is 9.96. The van der Waals surface area contributed by atoms with Crippen LogP contribution in [0.4, 0.5) is 0 Å². The van der Waals surface area contributed by atoms with Crippen molar-refractivity contribution < 1.29 is 0 Å². The molecule has 0 aromatic rings. The summed E-state index contributed by atoms with van der Waals surface area (Å²) in [5.74, 6) is 0. The van der Waals surface area contributed by atoms with E-state index in [0.717, 1.165) is 19.4 Å². The van der Waals surface area contributed by atoms with E-state index in [1.54, 1.807) is 0 Å². The molecule has 3 heteroatoms. The third-order valence-corrected chi connectivity index (χ3v) is 2.96. The summed E-state index contributed by atoms with van der Waals surface area (Å²) in [4.78, 5) is 5.04. The van der Waals surface area contributed by atoms with E-state index in [1.165, 1.54) is 13.1 Å². The lowest BCUT2D eigenvalue weighted by Gasteiger charge is -2.53. The maximum absolute atomic E-state index is 3.27. The Kier molecular flexibility index (Phi) is 1.90. The molecule has 70 valence electrons. The SMILES string of the molecule is CC(C)(C)N1CC(N2CNC2)C1. The second kappa shape index (κ2) is 2.69. The van der Waals surface area contributed by atoms with E-state index in [-0.39, 0.29) is 0 Å². The average molecular weight is 169 g/mol. The third-order valence-electron chi connectivity index (χ3n) is 2.96. The van der Waals surface area contributed by atoms with E-state index in [4.69, 9.17) is 0 Å². The molecule has 2 saturated heterocycles. The van der Waals surface area contributed by atoms with Gasteiger partial charge in [0.25, 0.3) is 0 Å². The molecule has 0 amide bonds. The van der Waals surface area contributed by atoms with Crippen molar-refractivity contribution in [3.05, 3.63) is 0 Å². The second-order valence-electron chi connectivity index (χ2n) is 4.88. The van der Waals surface area contributed by atoms with Crippen molar-refractivity contribution in [1.29, 1.82) is 0 Å². The fourth-order valence-corrected chi connectivity index (χ4v) is 1.73. The molecule has 12 heavy (non-hydrogen) atoms. The lowest BCUT2D eigenvalue weighted by Crippen LogP contribution is -2.70. The molecule has 0 bridgehead atoms. The zero-order valence-corrected chi connectivity index (χ0v) is 8.30. The van der Waals surface area contributed by atoms with E-state index < -0.39 is 0 Å². The molecular formula is C9H19N3. The van der Waals surface area contributed by atoms with Gasteiger partial charge in [0.05, 0.1) is 13.3 Å². The fourth-order valence-electron chi connectivity index (χ4n) is 1.73. The Labute approximate surface area is 74.7 Å². The highest BCUT2D eigenvalue weighted by atomic mass is 15.5. The summed E-state index contributed by atoms with van der Waals surface area (Å²) in [6.07, 6.45) is 0. The third kappa shape index (κ3) is 1.37. The van der Waals surface area contributed by atoms with Gasteiger partial charge in [-0.2, -0.15) is 0 Å². The van der Waals surface area contributed by atoms with Gasteiger partial charge in [-0.1, -0.05) is 0 Å². The average Bonchev–Trinajstić information content (AvgIpc) is 1.67. The first kappa shape index (κ1) is 8.48. The Bertz CT molecular complexity index is 163. The van der Waals surface area contributed by atoms with Crippen LogP contribution < -0.4 is 5.32 Å². The molecule has 0 unspecified atom stereocenters. The molecule has 2 fully saturated rings. The maximum Gasteiger partial charge on any atom is 0.0506 e. The van der Waals surface area contributed by atoms with Crippen LogP contribution in [0.2, 0.25) is 0 Å². The molecule has 0 spiro atoms. The molecule has 2 heterocycles. The maximum atomic E-state index is 3.27. The minimum absolute atomic E-state index is 0.370. The van der Waals surface area contributed by atoms with Crippen molar-refractivity contribution in [2.45, 2.75) is 32.4 Å². The number of hydrogen-bond acceptors (Lipinski definition) is 3. The van der Waals surface area contributed by atoms with Gasteiger partial charge in [0.1, 0.15) is 0 Å². The highest BCUT2D eigenvalue weighted by Crippen LogP contribution is 2.24. The topological polar surface area (TPSA) is 18.5 Å². The molecule has 0 aliphatic carbocycles. The van der Waals surface area contributed by atoms with Crippen LogP contribution in [0.5, 0.6) is 0 Å². The highest BCUT2D eigenvalue weighted by molar-refractivity contribution is 4.95. The van der Waals surface area contributed by atoms with Gasteiger partial charge in [0.15, 0.2) is 0 Å². The van der Waals surface area contributed by atoms with Crippen molar-refractivity contribution in [2.24, 2.45) is 0 Å². The Morgan fingerprint density at radius 2 is 1.75 bits per heavy atom. The van der Waals surface area contributed by atoms with Gasteiger partial charge in [-0.3, -0.25) is 15.1 Å². The van der Waals surface area contributed by atoms with Gasteiger partial charge >= 0.3 is 0 Å². The molecule has 0 atom stereocenters. The Hall–Kier alpha value is -0.120. The van der Waals surface area contributed by atoms with Crippen LogP contribution in [0, 0.1) is 0 Å². The van der Waals surface area contributed by atoms with Gasteiger partial charge in [-0.15, -0.1) is 0 Å². The standard InChI is InChI=1S/C9H19N3/c1-9(2,3)12-4-8(5-12)11-6-10-7-11/h8,10H,4-7H2,1-3H3. The number of nitrogens with zero attached hydrogens (tertiary/aromatic N) is 2. The van der Waals surface area contributed by atoms with Crippen molar-refractivity contribution >= 4 is 0 Å². The molecule has 2 aliphatic rings. The Morgan fingerprint density at radius 3 is 2.08 bits per heavy atom. The summed E-state index contributed by atoms with van der Waals surface area (Å²) >= 11 is 0. The quantitative estimate of drug-likeness (QED) is 0.608. The summed E-state index contributed by atoms with van der Waals surface area (Å²) in [7, 11) is 0. The van der Waals surface area contributed by atoms with Crippen LogP contribution >= 0.6 is 0 Å². The first-order valence-electron chi connectivity index (χ1n) is 4.77. The molecular weight excluding hydrogens is 150 g/mol. The number of nitrogens with one attached hydrogen (secondary N) is 1.